The summed E-state index contributed by atoms with van der Waals surface area (Å²) in [6.45, 7) is 2.04. The van der Waals surface area contributed by atoms with Gasteiger partial charge in [0.25, 0.3) is 0 Å². The topological polar surface area (TPSA) is 52.9 Å². The molecule has 24 heavy (non-hydrogen) atoms. The standard InChI is InChI=1S/C20H22N2OS/c1-16(11-12-17-7-3-2-4-8-17)22-20(23)15-24-14-19-10-6-5-9-18(19)13-21/h2-10,16H,11-12,14-15H2,1H3,(H,22,23)/t16-/m0/s1. The van der Waals surface area contributed by atoms with Crippen molar-refractivity contribution in [2.45, 2.75) is 31.6 Å². The van der Waals surface area contributed by atoms with Crippen LogP contribution in [0.4, 0.5) is 0 Å². The van der Waals surface area contributed by atoms with E-state index >= 15 is 0 Å². The van der Waals surface area contributed by atoms with Crippen LogP contribution in [0.3, 0.4) is 0 Å². The van der Waals surface area contributed by atoms with Gasteiger partial charge in [-0.1, -0.05) is 48.5 Å². The van der Waals surface area contributed by atoms with E-state index in [1.54, 1.807) is 0 Å². The maximum Gasteiger partial charge on any atom is 0.230 e. The van der Waals surface area contributed by atoms with Crippen LogP contribution in [0, 0.1) is 11.3 Å². The SMILES string of the molecule is C[C@@H](CCc1ccccc1)NC(=O)CSCc1ccccc1C#N. The number of carbonyl (C=O) groups is 1. The zero-order valence-corrected chi connectivity index (χ0v) is 14.7. The average molecular weight is 338 g/mol. The predicted molar refractivity (Wildman–Crippen MR) is 99.7 cm³/mol. The number of amides is 1. The van der Waals surface area contributed by atoms with Gasteiger partial charge in [0.05, 0.1) is 17.4 Å². The second kappa shape index (κ2) is 9.79. The van der Waals surface area contributed by atoms with Crippen LogP contribution in [0.5, 0.6) is 0 Å². The van der Waals surface area contributed by atoms with E-state index in [0.717, 1.165) is 18.4 Å². The minimum atomic E-state index is 0.0509. The number of nitriles is 1. The second-order valence-electron chi connectivity index (χ2n) is 5.75. The van der Waals surface area contributed by atoms with Gasteiger partial charge in [-0.25, -0.2) is 0 Å². The molecule has 0 aliphatic rings. The Labute approximate surface area is 148 Å². The number of thioether (sulfide) groups is 1. The van der Waals surface area contributed by atoms with Crippen molar-refractivity contribution >= 4 is 17.7 Å². The first-order valence-electron chi connectivity index (χ1n) is 8.08. The zero-order chi connectivity index (χ0) is 17.2. The van der Waals surface area contributed by atoms with Crippen LogP contribution in [0.15, 0.2) is 54.6 Å². The van der Waals surface area contributed by atoms with Crippen molar-refractivity contribution in [1.82, 2.24) is 5.32 Å². The van der Waals surface area contributed by atoms with Gasteiger partial charge < -0.3 is 5.32 Å². The van der Waals surface area contributed by atoms with Crippen LogP contribution in [0.2, 0.25) is 0 Å². The molecular formula is C20H22N2OS. The number of hydrogen-bond acceptors (Lipinski definition) is 3. The first kappa shape index (κ1) is 18.1. The van der Waals surface area contributed by atoms with Crippen LogP contribution >= 0.6 is 11.8 Å². The molecule has 1 N–H and O–H groups in total. The van der Waals surface area contributed by atoms with Crippen LogP contribution < -0.4 is 5.32 Å². The molecule has 0 bridgehead atoms. The van der Waals surface area contributed by atoms with Crippen molar-refractivity contribution in [3.05, 3.63) is 71.3 Å². The average Bonchev–Trinajstić information content (AvgIpc) is 2.61. The third-order valence-electron chi connectivity index (χ3n) is 3.74. The summed E-state index contributed by atoms with van der Waals surface area (Å²) in [5.41, 5.74) is 2.96. The molecule has 1 atom stereocenters. The smallest absolute Gasteiger partial charge is 0.230 e. The van der Waals surface area contributed by atoms with E-state index in [2.05, 4.69) is 23.5 Å². The lowest BCUT2D eigenvalue weighted by Crippen LogP contribution is -2.34. The molecule has 0 fully saturated rings. The molecule has 0 aromatic heterocycles. The van der Waals surface area contributed by atoms with E-state index in [1.807, 2.05) is 49.4 Å². The Balaban J connectivity index is 1.68. The maximum absolute atomic E-state index is 12.0. The Hall–Kier alpha value is -2.25. The van der Waals surface area contributed by atoms with Gasteiger partial charge in [0.2, 0.25) is 5.91 Å². The van der Waals surface area contributed by atoms with Crippen LogP contribution in [0.1, 0.15) is 30.0 Å². The molecule has 4 heteroatoms. The van der Waals surface area contributed by atoms with Gasteiger partial charge in [-0.05, 0) is 37.0 Å². The summed E-state index contributed by atoms with van der Waals surface area (Å²) in [7, 11) is 0. The number of nitrogens with zero attached hydrogens (tertiary/aromatic N) is 1. The first-order chi connectivity index (χ1) is 11.7. The molecule has 0 spiro atoms. The van der Waals surface area contributed by atoms with E-state index in [0.29, 0.717) is 17.1 Å². The normalized spacial score (nSPS) is 11.5. The van der Waals surface area contributed by atoms with E-state index in [4.69, 9.17) is 5.26 Å². The zero-order valence-electron chi connectivity index (χ0n) is 13.9. The van der Waals surface area contributed by atoms with Gasteiger partial charge in [0, 0.05) is 11.8 Å². The van der Waals surface area contributed by atoms with E-state index in [1.165, 1.54) is 17.3 Å². The highest BCUT2D eigenvalue weighted by Gasteiger charge is 2.08. The molecule has 0 radical (unpaired) electrons. The van der Waals surface area contributed by atoms with E-state index in [-0.39, 0.29) is 11.9 Å². The lowest BCUT2D eigenvalue weighted by atomic mass is 10.1. The van der Waals surface area contributed by atoms with Crippen molar-refractivity contribution < 1.29 is 4.79 Å². The largest absolute Gasteiger partial charge is 0.353 e. The molecule has 2 rings (SSSR count). The Morgan fingerprint density at radius 1 is 1.17 bits per heavy atom. The van der Waals surface area contributed by atoms with Gasteiger partial charge >= 0.3 is 0 Å². The molecule has 2 aromatic rings. The third-order valence-corrected chi connectivity index (χ3v) is 4.73. The molecule has 0 heterocycles. The number of nitrogens with one attached hydrogen (secondary N) is 1. The molecule has 0 saturated carbocycles. The Morgan fingerprint density at radius 2 is 1.88 bits per heavy atom. The van der Waals surface area contributed by atoms with Crippen molar-refractivity contribution in [3.63, 3.8) is 0 Å². The highest BCUT2D eigenvalue weighted by atomic mass is 32.2. The minimum absolute atomic E-state index is 0.0509. The lowest BCUT2D eigenvalue weighted by Gasteiger charge is -2.14. The number of rotatable bonds is 8. The molecule has 2 aromatic carbocycles. The number of hydrogen-bond donors (Lipinski definition) is 1. The van der Waals surface area contributed by atoms with Gasteiger partial charge in [-0.3, -0.25) is 4.79 Å². The van der Waals surface area contributed by atoms with Gasteiger partial charge in [0.15, 0.2) is 0 Å². The molecule has 124 valence electrons. The van der Waals surface area contributed by atoms with Crippen molar-refractivity contribution in [2.75, 3.05) is 5.75 Å². The van der Waals surface area contributed by atoms with Crippen molar-refractivity contribution in [1.29, 1.82) is 5.26 Å². The molecule has 1 amide bonds. The quantitative estimate of drug-likeness (QED) is 0.793. The highest BCUT2D eigenvalue weighted by molar-refractivity contribution is 7.99. The second-order valence-corrected chi connectivity index (χ2v) is 6.74. The fraction of sp³-hybridized carbons (Fsp3) is 0.300. The molecule has 0 saturated heterocycles. The summed E-state index contributed by atoms with van der Waals surface area (Å²) in [4.78, 5) is 12.0. The monoisotopic (exact) mass is 338 g/mol. The Kier molecular flexibility index (Phi) is 7.38. The summed E-state index contributed by atoms with van der Waals surface area (Å²) in [5.74, 6) is 1.14. The van der Waals surface area contributed by atoms with E-state index < -0.39 is 0 Å². The number of aryl methyl sites for hydroxylation is 1. The summed E-state index contributed by atoms with van der Waals surface area (Å²) in [6.07, 6.45) is 1.89. The Morgan fingerprint density at radius 3 is 2.62 bits per heavy atom. The maximum atomic E-state index is 12.0. The first-order valence-corrected chi connectivity index (χ1v) is 9.23. The summed E-state index contributed by atoms with van der Waals surface area (Å²) in [6, 6.07) is 20.2. The molecule has 3 nitrogen and oxygen atoms in total. The molecular weight excluding hydrogens is 316 g/mol. The van der Waals surface area contributed by atoms with Crippen LogP contribution in [-0.2, 0) is 17.0 Å². The summed E-state index contributed by atoms with van der Waals surface area (Å²) in [5, 5.41) is 12.1. The van der Waals surface area contributed by atoms with Crippen LogP contribution in [0.25, 0.3) is 0 Å². The third kappa shape index (κ3) is 6.10. The minimum Gasteiger partial charge on any atom is -0.353 e. The van der Waals surface area contributed by atoms with Gasteiger partial charge in [-0.15, -0.1) is 11.8 Å². The fourth-order valence-electron chi connectivity index (χ4n) is 2.43. The fourth-order valence-corrected chi connectivity index (χ4v) is 3.27. The number of benzene rings is 2. The van der Waals surface area contributed by atoms with Gasteiger partial charge in [-0.2, -0.15) is 5.26 Å². The highest BCUT2D eigenvalue weighted by Crippen LogP contribution is 2.16. The summed E-state index contributed by atoms with van der Waals surface area (Å²) < 4.78 is 0. The predicted octanol–water partition coefficient (Wildman–Crippen LogP) is 3.93. The van der Waals surface area contributed by atoms with Gasteiger partial charge in [0.1, 0.15) is 0 Å². The van der Waals surface area contributed by atoms with Crippen LogP contribution in [-0.4, -0.2) is 17.7 Å². The molecule has 0 aliphatic carbocycles. The van der Waals surface area contributed by atoms with Crippen molar-refractivity contribution in [3.8, 4) is 6.07 Å². The lowest BCUT2D eigenvalue weighted by molar-refractivity contribution is -0.119. The molecule has 0 aliphatic heterocycles. The Bertz CT molecular complexity index is 694. The number of carbonyl (C=O) groups excluding carboxylic acids is 1. The van der Waals surface area contributed by atoms with Crippen molar-refractivity contribution in [2.24, 2.45) is 0 Å². The summed E-state index contributed by atoms with van der Waals surface area (Å²) >= 11 is 1.54. The van der Waals surface area contributed by atoms with E-state index in [9.17, 15) is 4.79 Å². The molecule has 0 unspecified atom stereocenters.